The highest BCUT2D eigenvalue weighted by Gasteiger charge is 2.22. The normalized spacial score (nSPS) is 15.2. The highest BCUT2D eigenvalue weighted by molar-refractivity contribution is 7.99. The number of rotatable bonds is 8. The van der Waals surface area contributed by atoms with Crippen molar-refractivity contribution in [3.63, 3.8) is 0 Å². The summed E-state index contributed by atoms with van der Waals surface area (Å²) in [5.74, 6) is 1.62. The van der Waals surface area contributed by atoms with E-state index in [0.717, 1.165) is 5.75 Å². The molecule has 0 aliphatic heterocycles. The van der Waals surface area contributed by atoms with Gasteiger partial charge < -0.3 is 0 Å². The Balaban J connectivity index is 1.57. The van der Waals surface area contributed by atoms with Crippen molar-refractivity contribution in [2.24, 2.45) is 5.92 Å². The van der Waals surface area contributed by atoms with Crippen molar-refractivity contribution in [1.29, 1.82) is 0 Å². The Morgan fingerprint density at radius 3 is 2.50 bits per heavy atom. The van der Waals surface area contributed by atoms with Gasteiger partial charge in [0.15, 0.2) is 11.0 Å². The maximum absolute atomic E-state index is 13.5. The van der Waals surface area contributed by atoms with Crippen molar-refractivity contribution in [2.45, 2.75) is 48.7 Å². The van der Waals surface area contributed by atoms with Gasteiger partial charge in [-0.1, -0.05) is 54.8 Å². The molecule has 32 heavy (non-hydrogen) atoms. The third-order valence-corrected chi connectivity index (χ3v) is 8.57. The second-order valence-corrected chi connectivity index (χ2v) is 10.9. The van der Waals surface area contributed by atoms with E-state index >= 15 is 0 Å². The van der Waals surface area contributed by atoms with Gasteiger partial charge in [-0.3, -0.25) is 4.57 Å². The fourth-order valence-electron chi connectivity index (χ4n) is 3.80. The Labute approximate surface area is 196 Å². The number of benzene rings is 2. The van der Waals surface area contributed by atoms with Gasteiger partial charge in [-0.05, 0) is 55.2 Å². The molecule has 1 aliphatic rings. The maximum atomic E-state index is 13.5. The van der Waals surface area contributed by atoms with Crippen LogP contribution in [0.1, 0.15) is 37.9 Å². The average Bonchev–Trinajstić information content (AvgIpc) is 3.21. The molecule has 1 fully saturated rings. The molecule has 0 saturated heterocycles. The summed E-state index contributed by atoms with van der Waals surface area (Å²) in [6, 6.07) is 12.2. The fraction of sp³-hybridized carbons (Fsp3) is 0.364. The van der Waals surface area contributed by atoms with Crippen LogP contribution in [-0.2, 0) is 16.6 Å². The van der Waals surface area contributed by atoms with E-state index in [2.05, 4.69) is 14.9 Å². The molecule has 0 spiro atoms. The van der Waals surface area contributed by atoms with Crippen LogP contribution >= 0.6 is 23.4 Å². The second kappa shape index (κ2) is 10.3. The zero-order valence-corrected chi connectivity index (χ0v) is 19.8. The largest absolute Gasteiger partial charge is 0.273 e. The number of halogens is 2. The number of sulfonamides is 1. The second-order valence-electron chi connectivity index (χ2n) is 7.78. The molecule has 1 aromatic heterocycles. The summed E-state index contributed by atoms with van der Waals surface area (Å²) in [5, 5.41) is 9.35. The Hall–Kier alpha value is -1.94. The van der Waals surface area contributed by atoms with Gasteiger partial charge in [-0.2, -0.15) is 0 Å². The molecule has 0 radical (unpaired) electrons. The average molecular weight is 495 g/mol. The lowest BCUT2D eigenvalue weighted by Crippen LogP contribution is -2.25. The summed E-state index contributed by atoms with van der Waals surface area (Å²) >= 11 is 7.66. The summed E-state index contributed by atoms with van der Waals surface area (Å²) in [6.07, 6.45) is 6.23. The molecule has 1 N–H and O–H groups in total. The zero-order valence-electron chi connectivity index (χ0n) is 17.4. The minimum atomic E-state index is -3.84. The molecular formula is C22H24ClFN4O2S2. The molecule has 10 heteroatoms. The van der Waals surface area contributed by atoms with E-state index in [-0.39, 0.29) is 22.3 Å². The van der Waals surface area contributed by atoms with E-state index in [9.17, 15) is 12.8 Å². The van der Waals surface area contributed by atoms with Crippen LogP contribution in [0.2, 0.25) is 5.02 Å². The van der Waals surface area contributed by atoms with Gasteiger partial charge in [0.05, 0.1) is 11.6 Å². The minimum Gasteiger partial charge on any atom is -0.273 e. The maximum Gasteiger partial charge on any atom is 0.242 e. The Morgan fingerprint density at radius 2 is 1.78 bits per heavy atom. The van der Waals surface area contributed by atoms with E-state index in [0.29, 0.717) is 22.6 Å². The van der Waals surface area contributed by atoms with Gasteiger partial charge in [0.2, 0.25) is 10.0 Å². The number of hydrogen-bond acceptors (Lipinski definition) is 5. The van der Waals surface area contributed by atoms with Gasteiger partial charge in [-0.15, -0.1) is 10.2 Å². The quantitative estimate of drug-likeness (QED) is 0.435. The summed E-state index contributed by atoms with van der Waals surface area (Å²) in [5.41, 5.74) is 0.675. The van der Waals surface area contributed by atoms with Crippen molar-refractivity contribution >= 4 is 33.4 Å². The smallest absolute Gasteiger partial charge is 0.242 e. The van der Waals surface area contributed by atoms with Crippen LogP contribution in [0, 0.1) is 11.7 Å². The first kappa shape index (κ1) is 23.2. The predicted octanol–water partition coefficient (Wildman–Crippen LogP) is 5.21. The highest BCUT2D eigenvalue weighted by Crippen LogP contribution is 2.31. The van der Waals surface area contributed by atoms with E-state index in [4.69, 9.17) is 11.6 Å². The first-order valence-electron chi connectivity index (χ1n) is 10.5. The predicted molar refractivity (Wildman–Crippen MR) is 124 cm³/mol. The van der Waals surface area contributed by atoms with Crippen LogP contribution < -0.4 is 4.72 Å². The third-order valence-electron chi connectivity index (χ3n) is 5.50. The van der Waals surface area contributed by atoms with Crippen molar-refractivity contribution < 1.29 is 12.8 Å². The monoisotopic (exact) mass is 494 g/mol. The molecule has 0 atom stereocenters. The van der Waals surface area contributed by atoms with E-state index in [1.165, 1.54) is 56.4 Å². The molecule has 0 unspecified atom stereocenters. The third kappa shape index (κ3) is 5.51. The molecule has 1 aliphatic carbocycles. The van der Waals surface area contributed by atoms with E-state index in [1.807, 2.05) is 0 Å². The topological polar surface area (TPSA) is 76.9 Å². The number of thioether (sulfide) groups is 1. The molecule has 6 nitrogen and oxygen atoms in total. The number of hydrogen-bond donors (Lipinski definition) is 1. The van der Waals surface area contributed by atoms with Crippen molar-refractivity contribution in [2.75, 3.05) is 5.75 Å². The molecule has 1 heterocycles. The van der Waals surface area contributed by atoms with Crippen LogP contribution in [0.5, 0.6) is 0 Å². The summed E-state index contributed by atoms with van der Waals surface area (Å²) in [6.45, 7) is -0.0814. The minimum absolute atomic E-state index is 0.00131. The SMILES string of the molecule is O=S(=O)(NCc1nnc(SCC2CCCCC2)n1-c1ccc(F)cc1)c1ccccc1Cl. The van der Waals surface area contributed by atoms with Crippen molar-refractivity contribution in [3.05, 3.63) is 65.2 Å². The number of nitrogens with zero attached hydrogens (tertiary/aromatic N) is 3. The molecule has 0 amide bonds. The van der Waals surface area contributed by atoms with Crippen LogP contribution in [0.4, 0.5) is 4.39 Å². The lowest BCUT2D eigenvalue weighted by molar-refractivity contribution is 0.390. The van der Waals surface area contributed by atoms with Gasteiger partial charge in [0.25, 0.3) is 0 Å². The lowest BCUT2D eigenvalue weighted by Gasteiger charge is -2.20. The number of aromatic nitrogens is 3. The Kier molecular flexibility index (Phi) is 7.50. The van der Waals surface area contributed by atoms with Crippen LogP contribution in [-0.4, -0.2) is 28.9 Å². The first-order chi connectivity index (χ1) is 15.4. The molecule has 4 rings (SSSR count). The van der Waals surface area contributed by atoms with E-state index in [1.54, 1.807) is 40.6 Å². The van der Waals surface area contributed by atoms with Gasteiger partial charge in [0, 0.05) is 11.4 Å². The van der Waals surface area contributed by atoms with Gasteiger partial charge in [0.1, 0.15) is 10.7 Å². The zero-order chi connectivity index (χ0) is 22.6. The Bertz CT molecular complexity index is 1160. The molecule has 3 aromatic rings. The van der Waals surface area contributed by atoms with Gasteiger partial charge >= 0.3 is 0 Å². The molecule has 170 valence electrons. The standard InChI is InChI=1S/C22H24ClFN4O2S2/c23-19-8-4-5-9-20(19)32(29,30)25-14-21-26-27-22(31-15-16-6-2-1-3-7-16)28(21)18-12-10-17(24)11-13-18/h4-5,8-13,16,25H,1-3,6-7,14-15H2. The van der Waals surface area contributed by atoms with Crippen LogP contribution in [0.25, 0.3) is 5.69 Å². The van der Waals surface area contributed by atoms with Crippen molar-refractivity contribution in [3.8, 4) is 5.69 Å². The summed E-state index contributed by atoms with van der Waals surface area (Å²) < 4.78 is 43.3. The van der Waals surface area contributed by atoms with Gasteiger partial charge in [-0.25, -0.2) is 17.5 Å². The molecular weight excluding hydrogens is 471 g/mol. The van der Waals surface area contributed by atoms with Crippen LogP contribution in [0.15, 0.2) is 58.6 Å². The van der Waals surface area contributed by atoms with E-state index < -0.39 is 10.0 Å². The lowest BCUT2D eigenvalue weighted by atomic mass is 9.91. The molecule has 2 aromatic carbocycles. The van der Waals surface area contributed by atoms with Crippen LogP contribution in [0.3, 0.4) is 0 Å². The molecule has 0 bridgehead atoms. The Morgan fingerprint density at radius 1 is 1.06 bits per heavy atom. The summed E-state index contributed by atoms with van der Waals surface area (Å²) in [4.78, 5) is 0.00131. The first-order valence-corrected chi connectivity index (χ1v) is 13.4. The number of nitrogens with one attached hydrogen (secondary N) is 1. The fourth-order valence-corrected chi connectivity index (χ4v) is 6.46. The summed E-state index contributed by atoms with van der Waals surface area (Å²) in [7, 11) is -3.84. The van der Waals surface area contributed by atoms with Crippen molar-refractivity contribution in [1.82, 2.24) is 19.5 Å². The highest BCUT2D eigenvalue weighted by atomic mass is 35.5. The molecule has 1 saturated carbocycles.